The van der Waals surface area contributed by atoms with E-state index in [0.717, 1.165) is 44.3 Å². The van der Waals surface area contributed by atoms with Crippen LogP contribution in [0.25, 0.3) is 0 Å². The Balaban J connectivity index is 0.00000341. The number of amides is 1. The van der Waals surface area contributed by atoms with Crippen LogP contribution in [0.1, 0.15) is 0 Å². The van der Waals surface area contributed by atoms with Crippen LogP contribution in [0.4, 0.5) is 8.78 Å². The second kappa shape index (κ2) is 13.0. The smallest absolute Gasteiger partial charge is 0.236 e. The molecule has 0 aromatic heterocycles. The van der Waals surface area contributed by atoms with Crippen molar-refractivity contribution in [2.24, 2.45) is 4.99 Å². The first-order valence-corrected chi connectivity index (χ1v) is 10.2. The molecule has 2 aliphatic heterocycles. The van der Waals surface area contributed by atoms with Gasteiger partial charge in [-0.05, 0) is 12.1 Å². The average Bonchev–Trinajstić information content (AvgIpc) is 2.77. The fourth-order valence-electron chi connectivity index (χ4n) is 3.45. The monoisotopic (exact) mass is 553 g/mol. The van der Waals surface area contributed by atoms with Crippen LogP contribution in [0.2, 0.25) is 0 Å². The third kappa shape index (κ3) is 7.72. The molecule has 0 atom stereocenters. The fourth-order valence-corrected chi connectivity index (χ4v) is 3.45. The molecule has 0 unspecified atom stereocenters. The molecule has 0 bridgehead atoms. The Morgan fingerprint density at radius 1 is 1.10 bits per heavy atom. The van der Waals surface area contributed by atoms with E-state index in [0.29, 0.717) is 39.4 Å². The molecule has 2 fully saturated rings. The molecule has 11 heteroatoms. The number of rotatable bonds is 6. The molecule has 2 aliphatic rings. The van der Waals surface area contributed by atoms with Crippen molar-refractivity contribution < 1.29 is 23.0 Å². The molecule has 1 amide bonds. The standard InChI is InChI=1S/C20H29F2N5O3.HI/c1-23-20(24-4-11-30-16-2-3-17(21)18(22)14-16)27-7-5-25(6-8-27)15-19(28)26-9-12-29-13-10-26;/h2-3,14H,4-13,15H2,1H3,(H,23,24);1H. The van der Waals surface area contributed by atoms with Crippen molar-refractivity contribution in [3.8, 4) is 5.75 Å². The Kier molecular flexibility index (Phi) is 10.7. The third-order valence-electron chi connectivity index (χ3n) is 5.15. The highest BCUT2D eigenvalue weighted by Gasteiger charge is 2.24. The Bertz CT molecular complexity index is 742. The molecule has 3 rings (SSSR count). The maximum atomic E-state index is 13.2. The van der Waals surface area contributed by atoms with E-state index in [4.69, 9.17) is 9.47 Å². The van der Waals surface area contributed by atoms with Crippen molar-refractivity contribution in [1.29, 1.82) is 0 Å². The summed E-state index contributed by atoms with van der Waals surface area (Å²) in [4.78, 5) is 22.8. The van der Waals surface area contributed by atoms with Crippen LogP contribution in [0.3, 0.4) is 0 Å². The molecule has 0 saturated carbocycles. The van der Waals surface area contributed by atoms with Crippen LogP contribution in [0.5, 0.6) is 5.75 Å². The van der Waals surface area contributed by atoms with Gasteiger partial charge in [0.25, 0.3) is 0 Å². The van der Waals surface area contributed by atoms with Gasteiger partial charge in [0.2, 0.25) is 5.91 Å². The predicted molar refractivity (Wildman–Crippen MR) is 124 cm³/mol. The van der Waals surface area contributed by atoms with E-state index in [1.165, 1.54) is 6.07 Å². The van der Waals surface area contributed by atoms with Gasteiger partial charge in [0.05, 0.1) is 26.3 Å². The summed E-state index contributed by atoms with van der Waals surface area (Å²) >= 11 is 0. The zero-order valence-corrected chi connectivity index (χ0v) is 20.0. The number of carbonyl (C=O) groups excluding carboxylic acids is 1. The summed E-state index contributed by atoms with van der Waals surface area (Å²) < 4.78 is 36.9. The highest BCUT2D eigenvalue weighted by atomic mass is 127. The third-order valence-corrected chi connectivity index (χ3v) is 5.15. The van der Waals surface area contributed by atoms with Crippen molar-refractivity contribution in [3.05, 3.63) is 29.8 Å². The molecule has 0 aliphatic carbocycles. The Labute approximate surface area is 198 Å². The Morgan fingerprint density at radius 2 is 1.81 bits per heavy atom. The quantitative estimate of drug-likeness (QED) is 0.246. The lowest BCUT2D eigenvalue weighted by Gasteiger charge is -2.37. The minimum Gasteiger partial charge on any atom is -0.492 e. The molecule has 8 nitrogen and oxygen atoms in total. The second-order valence-corrected chi connectivity index (χ2v) is 7.15. The Morgan fingerprint density at radius 3 is 2.45 bits per heavy atom. The molecule has 0 radical (unpaired) electrons. The number of hydrogen-bond donors (Lipinski definition) is 1. The number of aliphatic imine (C=N–C) groups is 1. The minimum atomic E-state index is -0.929. The van der Waals surface area contributed by atoms with Crippen LogP contribution >= 0.6 is 24.0 Å². The summed E-state index contributed by atoms with van der Waals surface area (Å²) in [5.41, 5.74) is 0. The number of halogens is 3. The van der Waals surface area contributed by atoms with Crippen molar-refractivity contribution in [2.45, 2.75) is 0 Å². The van der Waals surface area contributed by atoms with Crippen molar-refractivity contribution in [3.63, 3.8) is 0 Å². The van der Waals surface area contributed by atoms with Gasteiger partial charge in [-0.1, -0.05) is 0 Å². The Hall–Kier alpha value is -1.73. The van der Waals surface area contributed by atoms with Gasteiger partial charge in [-0.15, -0.1) is 24.0 Å². The maximum absolute atomic E-state index is 13.2. The summed E-state index contributed by atoms with van der Waals surface area (Å²) in [7, 11) is 1.72. The van der Waals surface area contributed by atoms with Crippen molar-refractivity contribution in [2.75, 3.05) is 79.2 Å². The van der Waals surface area contributed by atoms with Gasteiger partial charge in [-0.25, -0.2) is 8.78 Å². The normalized spacial score (nSPS) is 17.8. The molecule has 1 aromatic carbocycles. The summed E-state index contributed by atoms with van der Waals surface area (Å²) in [5, 5.41) is 3.22. The lowest BCUT2D eigenvalue weighted by atomic mass is 10.3. The first kappa shape index (κ1) is 25.5. The largest absolute Gasteiger partial charge is 0.492 e. The van der Waals surface area contributed by atoms with E-state index in [9.17, 15) is 13.6 Å². The van der Waals surface area contributed by atoms with Crippen LogP contribution < -0.4 is 10.1 Å². The summed E-state index contributed by atoms with van der Waals surface area (Å²) in [5.74, 6) is -0.635. The van der Waals surface area contributed by atoms with E-state index in [-0.39, 0.29) is 42.2 Å². The van der Waals surface area contributed by atoms with Gasteiger partial charge in [-0.3, -0.25) is 14.7 Å². The van der Waals surface area contributed by atoms with E-state index in [1.54, 1.807) is 7.05 Å². The number of nitrogens with one attached hydrogen (secondary N) is 1. The van der Waals surface area contributed by atoms with E-state index in [1.807, 2.05) is 4.90 Å². The molecule has 0 spiro atoms. The van der Waals surface area contributed by atoms with Gasteiger partial charge >= 0.3 is 0 Å². The molecule has 1 N–H and O–H groups in total. The zero-order valence-electron chi connectivity index (χ0n) is 17.7. The summed E-state index contributed by atoms with van der Waals surface area (Å²) in [6, 6.07) is 3.46. The number of morpholine rings is 1. The molecule has 31 heavy (non-hydrogen) atoms. The number of ether oxygens (including phenoxy) is 2. The second-order valence-electron chi connectivity index (χ2n) is 7.15. The van der Waals surface area contributed by atoms with Gasteiger partial charge in [0.15, 0.2) is 17.6 Å². The van der Waals surface area contributed by atoms with Crippen LogP contribution in [-0.2, 0) is 9.53 Å². The number of carbonyl (C=O) groups is 1. The average molecular weight is 553 g/mol. The van der Waals surface area contributed by atoms with Gasteiger partial charge < -0.3 is 24.6 Å². The van der Waals surface area contributed by atoms with E-state index in [2.05, 4.69) is 20.1 Å². The molecular weight excluding hydrogens is 523 g/mol. The predicted octanol–water partition coefficient (Wildman–Crippen LogP) is 1.01. The lowest BCUT2D eigenvalue weighted by Crippen LogP contribution is -2.55. The van der Waals surface area contributed by atoms with Crippen molar-refractivity contribution >= 4 is 35.8 Å². The number of nitrogens with zero attached hydrogens (tertiary/aromatic N) is 4. The van der Waals surface area contributed by atoms with Crippen LogP contribution in [-0.4, -0.2) is 106 Å². The van der Waals surface area contributed by atoms with Crippen molar-refractivity contribution in [1.82, 2.24) is 20.0 Å². The van der Waals surface area contributed by atoms with Crippen LogP contribution in [0, 0.1) is 11.6 Å². The van der Waals surface area contributed by atoms with Gasteiger partial charge in [-0.2, -0.15) is 0 Å². The van der Waals surface area contributed by atoms with Gasteiger partial charge in [0, 0.05) is 52.4 Å². The number of benzene rings is 1. The molecule has 2 saturated heterocycles. The van der Waals surface area contributed by atoms with E-state index >= 15 is 0 Å². The summed E-state index contributed by atoms with van der Waals surface area (Å²) in [6.45, 7) is 6.85. The fraction of sp³-hybridized carbons (Fsp3) is 0.600. The number of guanidine groups is 1. The lowest BCUT2D eigenvalue weighted by molar-refractivity contribution is -0.136. The number of hydrogen-bond acceptors (Lipinski definition) is 5. The summed E-state index contributed by atoms with van der Waals surface area (Å²) in [6.07, 6.45) is 0. The van der Waals surface area contributed by atoms with Crippen LogP contribution in [0.15, 0.2) is 23.2 Å². The minimum absolute atomic E-state index is 0. The highest BCUT2D eigenvalue weighted by Crippen LogP contribution is 2.15. The topological polar surface area (TPSA) is 69.6 Å². The molecular formula is C20H30F2IN5O3. The molecule has 1 aromatic rings. The SMILES string of the molecule is CN=C(NCCOc1ccc(F)c(F)c1)N1CCN(CC(=O)N2CCOCC2)CC1.I. The first-order valence-electron chi connectivity index (χ1n) is 10.2. The molecule has 2 heterocycles. The van der Waals surface area contributed by atoms with E-state index < -0.39 is 11.6 Å². The number of piperazine rings is 1. The molecule has 174 valence electrons. The maximum Gasteiger partial charge on any atom is 0.236 e. The highest BCUT2D eigenvalue weighted by molar-refractivity contribution is 14.0. The zero-order chi connectivity index (χ0) is 21.3. The first-order chi connectivity index (χ1) is 14.6. The van der Waals surface area contributed by atoms with Gasteiger partial charge in [0.1, 0.15) is 12.4 Å².